The fourth-order valence-electron chi connectivity index (χ4n) is 2.67. The standard InChI is InChI=1S/C22H28N2O/c23-17-21-13-3-1-9-19(21)11-5-7-15-25-16-8-6-12-20-10-2-4-14-22(20)18-24/h1-10,13-14H,11-12,15-18,23-24H2. The van der Waals surface area contributed by atoms with Crippen molar-refractivity contribution in [2.75, 3.05) is 13.2 Å². The Morgan fingerprint density at radius 3 is 1.40 bits per heavy atom. The maximum absolute atomic E-state index is 5.75. The molecule has 2 aromatic carbocycles. The molecule has 4 N–H and O–H groups in total. The molecule has 0 atom stereocenters. The summed E-state index contributed by atoms with van der Waals surface area (Å²) >= 11 is 0. The van der Waals surface area contributed by atoms with Crippen LogP contribution in [0.3, 0.4) is 0 Å². The van der Waals surface area contributed by atoms with Crippen LogP contribution in [0.5, 0.6) is 0 Å². The van der Waals surface area contributed by atoms with Crippen molar-refractivity contribution < 1.29 is 4.74 Å². The van der Waals surface area contributed by atoms with Crippen LogP contribution < -0.4 is 11.5 Å². The lowest BCUT2D eigenvalue weighted by Gasteiger charge is -2.04. The number of hydrogen-bond acceptors (Lipinski definition) is 3. The summed E-state index contributed by atoms with van der Waals surface area (Å²) in [4.78, 5) is 0. The van der Waals surface area contributed by atoms with Crippen LogP contribution in [0.1, 0.15) is 22.3 Å². The van der Waals surface area contributed by atoms with Crippen LogP contribution in [0.2, 0.25) is 0 Å². The molecule has 0 aliphatic rings. The number of allylic oxidation sites excluding steroid dienone is 2. The summed E-state index contributed by atoms with van der Waals surface area (Å²) in [6, 6.07) is 16.5. The zero-order chi connectivity index (χ0) is 17.7. The van der Waals surface area contributed by atoms with Gasteiger partial charge in [-0.05, 0) is 35.1 Å². The normalized spacial score (nSPS) is 11.6. The maximum Gasteiger partial charge on any atom is 0.0651 e. The maximum atomic E-state index is 5.75. The lowest BCUT2D eigenvalue weighted by molar-refractivity contribution is 0.193. The molecule has 0 unspecified atom stereocenters. The molecule has 3 heteroatoms. The molecule has 0 spiro atoms. The van der Waals surface area contributed by atoms with E-state index in [1.807, 2.05) is 24.3 Å². The Morgan fingerprint density at radius 1 is 0.600 bits per heavy atom. The van der Waals surface area contributed by atoms with E-state index >= 15 is 0 Å². The molecular weight excluding hydrogens is 308 g/mol. The highest BCUT2D eigenvalue weighted by Crippen LogP contribution is 2.10. The fraction of sp³-hybridized carbons (Fsp3) is 0.273. The molecule has 2 rings (SSSR count). The van der Waals surface area contributed by atoms with Crippen LogP contribution >= 0.6 is 0 Å². The second-order valence-electron chi connectivity index (χ2n) is 5.83. The Morgan fingerprint density at radius 2 is 1.00 bits per heavy atom. The highest BCUT2D eigenvalue weighted by atomic mass is 16.5. The van der Waals surface area contributed by atoms with Crippen molar-refractivity contribution in [3.8, 4) is 0 Å². The average Bonchev–Trinajstić information content (AvgIpc) is 2.67. The predicted octanol–water partition coefficient (Wildman–Crippen LogP) is 3.52. The first-order chi connectivity index (χ1) is 12.3. The van der Waals surface area contributed by atoms with E-state index in [4.69, 9.17) is 16.2 Å². The molecule has 0 aliphatic heterocycles. The Bertz CT molecular complexity index is 632. The highest BCUT2D eigenvalue weighted by molar-refractivity contribution is 5.29. The van der Waals surface area contributed by atoms with Gasteiger partial charge in [0.1, 0.15) is 0 Å². The molecule has 0 radical (unpaired) electrons. The van der Waals surface area contributed by atoms with Gasteiger partial charge in [0.2, 0.25) is 0 Å². The molecule has 0 fully saturated rings. The number of ether oxygens (including phenoxy) is 1. The van der Waals surface area contributed by atoms with Crippen molar-refractivity contribution in [1.82, 2.24) is 0 Å². The molecule has 0 heterocycles. The van der Waals surface area contributed by atoms with Gasteiger partial charge in [0.25, 0.3) is 0 Å². The largest absolute Gasteiger partial charge is 0.373 e. The second-order valence-corrected chi connectivity index (χ2v) is 5.83. The van der Waals surface area contributed by atoms with Gasteiger partial charge in [0.15, 0.2) is 0 Å². The van der Waals surface area contributed by atoms with E-state index in [1.54, 1.807) is 0 Å². The van der Waals surface area contributed by atoms with Gasteiger partial charge in [0.05, 0.1) is 13.2 Å². The molecule has 0 saturated heterocycles. The minimum atomic E-state index is 0.582. The van der Waals surface area contributed by atoms with Crippen molar-refractivity contribution in [1.29, 1.82) is 0 Å². The quantitative estimate of drug-likeness (QED) is 0.515. The van der Waals surface area contributed by atoms with Gasteiger partial charge in [-0.25, -0.2) is 0 Å². The van der Waals surface area contributed by atoms with E-state index in [1.165, 1.54) is 22.3 Å². The number of nitrogens with two attached hydrogens (primary N) is 2. The van der Waals surface area contributed by atoms with Crippen LogP contribution in [0.25, 0.3) is 0 Å². The second kappa shape index (κ2) is 11.4. The molecule has 0 saturated carbocycles. The Hall–Kier alpha value is -2.20. The molecular formula is C22H28N2O. The smallest absolute Gasteiger partial charge is 0.0651 e. The van der Waals surface area contributed by atoms with Gasteiger partial charge in [-0.1, -0.05) is 72.8 Å². The van der Waals surface area contributed by atoms with Crippen LogP contribution in [-0.4, -0.2) is 13.2 Å². The number of benzene rings is 2. The van der Waals surface area contributed by atoms with Gasteiger partial charge in [-0.15, -0.1) is 0 Å². The third kappa shape index (κ3) is 6.67. The SMILES string of the molecule is NCc1ccccc1CC=CCOCC=CCc1ccccc1CN. The number of rotatable bonds is 10. The topological polar surface area (TPSA) is 61.3 Å². The third-order valence-corrected chi connectivity index (χ3v) is 4.11. The van der Waals surface area contributed by atoms with Crippen LogP contribution in [0, 0.1) is 0 Å². The predicted molar refractivity (Wildman–Crippen MR) is 105 cm³/mol. The van der Waals surface area contributed by atoms with Gasteiger partial charge < -0.3 is 16.2 Å². The summed E-state index contributed by atoms with van der Waals surface area (Å²) in [5, 5.41) is 0. The minimum absolute atomic E-state index is 0.582. The lowest BCUT2D eigenvalue weighted by Crippen LogP contribution is -2.00. The van der Waals surface area contributed by atoms with E-state index in [2.05, 4.69) is 48.6 Å². The van der Waals surface area contributed by atoms with Crippen molar-refractivity contribution in [3.63, 3.8) is 0 Å². The van der Waals surface area contributed by atoms with E-state index in [0.717, 1.165) is 12.8 Å². The fourth-order valence-corrected chi connectivity index (χ4v) is 2.67. The van der Waals surface area contributed by atoms with E-state index < -0.39 is 0 Å². The summed E-state index contributed by atoms with van der Waals surface area (Å²) in [5.41, 5.74) is 16.5. The summed E-state index contributed by atoms with van der Waals surface area (Å²) in [6.07, 6.45) is 10.2. The number of hydrogen-bond donors (Lipinski definition) is 2. The van der Waals surface area contributed by atoms with Gasteiger partial charge in [0, 0.05) is 13.1 Å². The van der Waals surface area contributed by atoms with Gasteiger partial charge in [-0.3, -0.25) is 0 Å². The Balaban J connectivity index is 1.64. The highest BCUT2D eigenvalue weighted by Gasteiger charge is 1.97. The molecule has 2 aromatic rings. The monoisotopic (exact) mass is 336 g/mol. The van der Waals surface area contributed by atoms with Crippen molar-refractivity contribution in [2.24, 2.45) is 11.5 Å². The average molecular weight is 336 g/mol. The third-order valence-electron chi connectivity index (χ3n) is 4.11. The first-order valence-electron chi connectivity index (χ1n) is 8.76. The van der Waals surface area contributed by atoms with Gasteiger partial charge >= 0.3 is 0 Å². The summed E-state index contributed by atoms with van der Waals surface area (Å²) in [6.45, 7) is 2.40. The van der Waals surface area contributed by atoms with Crippen LogP contribution in [-0.2, 0) is 30.7 Å². The molecule has 132 valence electrons. The van der Waals surface area contributed by atoms with Crippen molar-refractivity contribution in [3.05, 3.63) is 95.1 Å². The Labute approximate surface area is 151 Å². The molecule has 3 nitrogen and oxygen atoms in total. The van der Waals surface area contributed by atoms with E-state index in [9.17, 15) is 0 Å². The minimum Gasteiger partial charge on any atom is -0.373 e. The summed E-state index contributed by atoms with van der Waals surface area (Å²) < 4.78 is 5.60. The van der Waals surface area contributed by atoms with Crippen LogP contribution in [0.15, 0.2) is 72.8 Å². The Kier molecular flexibility index (Phi) is 8.70. The summed E-state index contributed by atoms with van der Waals surface area (Å²) in [5.74, 6) is 0. The zero-order valence-electron chi connectivity index (χ0n) is 14.7. The molecule has 0 aromatic heterocycles. The molecule has 0 aliphatic carbocycles. The molecule has 0 amide bonds. The lowest BCUT2D eigenvalue weighted by atomic mass is 10.0. The van der Waals surface area contributed by atoms with Crippen LogP contribution in [0.4, 0.5) is 0 Å². The molecule has 0 bridgehead atoms. The van der Waals surface area contributed by atoms with E-state index in [-0.39, 0.29) is 0 Å². The summed E-state index contributed by atoms with van der Waals surface area (Å²) in [7, 11) is 0. The van der Waals surface area contributed by atoms with Crippen molar-refractivity contribution >= 4 is 0 Å². The zero-order valence-corrected chi connectivity index (χ0v) is 14.7. The van der Waals surface area contributed by atoms with E-state index in [0.29, 0.717) is 26.3 Å². The van der Waals surface area contributed by atoms with Gasteiger partial charge in [-0.2, -0.15) is 0 Å². The van der Waals surface area contributed by atoms with Crippen molar-refractivity contribution in [2.45, 2.75) is 25.9 Å². The first-order valence-corrected chi connectivity index (χ1v) is 8.76. The first kappa shape index (κ1) is 19.1. The molecule has 25 heavy (non-hydrogen) atoms.